The Bertz CT molecular complexity index is 94.4. The summed E-state index contributed by atoms with van der Waals surface area (Å²) in [5.74, 6) is 0.431. The Labute approximate surface area is 43.7 Å². The van der Waals surface area contributed by atoms with Crippen LogP contribution in [0.2, 0.25) is 0 Å². The summed E-state index contributed by atoms with van der Waals surface area (Å²) in [6.45, 7) is 5.52. The van der Waals surface area contributed by atoms with Crippen LogP contribution in [0.25, 0.3) is 0 Å². The van der Waals surface area contributed by atoms with E-state index in [-0.39, 0.29) is 6.10 Å². The highest BCUT2D eigenvalue weighted by atomic mass is 16.3. The fourth-order valence-electron chi connectivity index (χ4n) is 0.735. The molecule has 2 atom stereocenters. The first-order valence-electron chi connectivity index (χ1n) is 2.57. The minimum Gasteiger partial charge on any atom is -0.393 e. The topological polar surface area (TPSA) is 20.2 Å². The van der Waals surface area contributed by atoms with Gasteiger partial charge in [-0.2, -0.15) is 0 Å². The van der Waals surface area contributed by atoms with Gasteiger partial charge in [-0.15, -0.1) is 0 Å². The Morgan fingerprint density at radius 2 is 2.43 bits per heavy atom. The first-order valence-corrected chi connectivity index (χ1v) is 2.57. The van der Waals surface area contributed by atoms with E-state index >= 15 is 0 Å². The van der Waals surface area contributed by atoms with Crippen molar-refractivity contribution < 1.29 is 5.11 Å². The van der Waals surface area contributed by atoms with Crippen molar-refractivity contribution in [1.82, 2.24) is 0 Å². The third-order valence-electron chi connectivity index (χ3n) is 1.43. The Morgan fingerprint density at radius 1 is 2.00 bits per heavy atom. The number of aliphatic hydroxyl groups excluding tert-OH is 1. The van der Waals surface area contributed by atoms with Crippen molar-refractivity contribution in [3.05, 3.63) is 12.2 Å². The predicted octanol–water partition coefficient (Wildman–Crippen LogP) is 0.943. The van der Waals surface area contributed by atoms with Crippen molar-refractivity contribution >= 4 is 0 Å². The second-order valence-corrected chi connectivity index (χ2v) is 2.21. The molecule has 0 spiro atoms. The monoisotopic (exact) mass is 98.1 g/mol. The van der Waals surface area contributed by atoms with Crippen LogP contribution in [0, 0.1) is 5.92 Å². The molecular formula is C6H10O. The molecule has 0 bridgehead atoms. The van der Waals surface area contributed by atoms with Gasteiger partial charge >= 0.3 is 0 Å². The molecule has 1 saturated carbocycles. The van der Waals surface area contributed by atoms with E-state index in [1.54, 1.807) is 0 Å². The lowest BCUT2D eigenvalue weighted by Gasteiger charge is -1.94. The largest absolute Gasteiger partial charge is 0.393 e. The maximum atomic E-state index is 8.80. The van der Waals surface area contributed by atoms with E-state index in [0.29, 0.717) is 5.92 Å². The van der Waals surface area contributed by atoms with Gasteiger partial charge in [-0.3, -0.25) is 0 Å². The molecule has 40 valence electrons. The highest BCUT2D eigenvalue weighted by molar-refractivity contribution is 5.20. The Kier molecular flexibility index (Phi) is 0.927. The highest BCUT2D eigenvalue weighted by Gasteiger charge is 2.31. The van der Waals surface area contributed by atoms with Crippen molar-refractivity contribution in [3.8, 4) is 0 Å². The lowest BCUT2D eigenvalue weighted by Crippen LogP contribution is -2.00. The first-order chi connectivity index (χ1) is 3.22. The molecule has 1 heteroatoms. The van der Waals surface area contributed by atoms with Crippen LogP contribution in [-0.4, -0.2) is 11.2 Å². The summed E-state index contributed by atoms with van der Waals surface area (Å²) in [6.07, 6.45) is 0.880. The zero-order valence-electron chi connectivity index (χ0n) is 4.52. The number of hydrogen-bond acceptors (Lipinski definition) is 1. The molecule has 1 aliphatic carbocycles. The van der Waals surface area contributed by atoms with Crippen LogP contribution >= 0.6 is 0 Å². The zero-order chi connectivity index (χ0) is 5.44. The van der Waals surface area contributed by atoms with Crippen LogP contribution in [0.4, 0.5) is 0 Å². The van der Waals surface area contributed by atoms with E-state index in [1.165, 1.54) is 5.57 Å². The van der Waals surface area contributed by atoms with Crippen LogP contribution < -0.4 is 0 Å². The summed E-state index contributed by atoms with van der Waals surface area (Å²) in [5.41, 5.74) is 1.20. The summed E-state index contributed by atoms with van der Waals surface area (Å²) in [4.78, 5) is 0. The molecule has 0 aromatic heterocycles. The van der Waals surface area contributed by atoms with Gasteiger partial charge in [0.25, 0.3) is 0 Å². The van der Waals surface area contributed by atoms with Crippen LogP contribution in [0.5, 0.6) is 0 Å². The van der Waals surface area contributed by atoms with Gasteiger partial charge in [-0.25, -0.2) is 0 Å². The predicted molar refractivity (Wildman–Crippen MR) is 28.9 cm³/mol. The van der Waals surface area contributed by atoms with E-state index in [9.17, 15) is 0 Å². The zero-order valence-corrected chi connectivity index (χ0v) is 4.52. The molecule has 0 heterocycles. The fourth-order valence-corrected chi connectivity index (χ4v) is 0.735. The van der Waals surface area contributed by atoms with Gasteiger partial charge < -0.3 is 5.11 Å². The number of rotatable bonds is 1. The summed E-state index contributed by atoms with van der Waals surface area (Å²) in [6, 6.07) is 0. The van der Waals surface area contributed by atoms with Gasteiger partial charge in [0.15, 0.2) is 0 Å². The average molecular weight is 98.1 g/mol. The highest BCUT2D eigenvalue weighted by Crippen LogP contribution is 2.38. The smallest absolute Gasteiger partial charge is 0.0580 e. The maximum absolute atomic E-state index is 8.80. The molecular weight excluding hydrogens is 88.1 g/mol. The second kappa shape index (κ2) is 1.34. The lowest BCUT2D eigenvalue weighted by atomic mass is 10.3. The molecule has 1 nitrogen and oxygen atoms in total. The molecule has 1 N–H and O–H groups in total. The summed E-state index contributed by atoms with van der Waals surface area (Å²) in [5, 5.41) is 8.80. The quantitative estimate of drug-likeness (QED) is 0.484. The van der Waals surface area contributed by atoms with Crippen LogP contribution in [-0.2, 0) is 0 Å². The van der Waals surface area contributed by atoms with Crippen molar-refractivity contribution in [1.29, 1.82) is 0 Å². The summed E-state index contributed by atoms with van der Waals surface area (Å²) in [7, 11) is 0. The molecule has 2 unspecified atom stereocenters. The average Bonchev–Trinajstić information content (AvgIpc) is 2.17. The van der Waals surface area contributed by atoms with Crippen molar-refractivity contribution in [2.45, 2.75) is 19.4 Å². The molecule has 0 radical (unpaired) electrons. The van der Waals surface area contributed by atoms with E-state index < -0.39 is 0 Å². The molecule has 1 fully saturated rings. The molecule has 0 aromatic carbocycles. The van der Waals surface area contributed by atoms with E-state index in [0.717, 1.165) is 6.42 Å². The van der Waals surface area contributed by atoms with Gasteiger partial charge in [-0.1, -0.05) is 12.2 Å². The van der Waals surface area contributed by atoms with Gasteiger partial charge in [0.2, 0.25) is 0 Å². The van der Waals surface area contributed by atoms with E-state index in [2.05, 4.69) is 6.58 Å². The summed E-state index contributed by atoms with van der Waals surface area (Å²) < 4.78 is 0. The standard InChI is InChI=1S/C6H10O/c1-4-3-6(4)5(2)7/h5-7H,1,3H2,2H3. The summed E-state index contributed by atoms with van der Waals surface area (Å²) >= 11 is 0. The number of aliphatic hydroxyl groups is 1. The number of hydrogen-bond donors (Lipinski definition) is 1. The van der Waals surface area contributed by atoms with Crippen LogP contribution in [0.1, 0.15) is 13.3 Å². The molecule has 0 saturated heterocycles. The van der Waals surface area contributed by atoms with E-state index in [4.69, 9.17) is 5.11 Å². The second-order valence-electron chi connectivity index (χ2n) is 2.21. The minimum absolute atomic E-state index is 0.160. The van der Waals surface area contributed by atoms with Crippen LogP contribution in [0.15, 0.2) is 12.2 Å². The third kappa shape index (κ3) is 0.829. The van der Waals surface area contributed by atoms with E-state index in [1.807, 2.05) is 6.92 Å². The molecule has 0 amide bonds. The van der Waals surface area contributed by atoms with Crippen molar-refractivity contribution in [3.63, 3.8) is 0 Å². The normalized spacial score (nSPS) is 32.9. The van der Waals surface area contributed by atoms with Crippen molar-refractivity contribution in [2.24, 2.45) is 5.92 Å². The molecule has 0 aliphatic heterocycles. The van der Waals surface area contributed by atoms with Crippen molar-refractivity contribution in [2.75, 3.05) is 0 Å². The van der Waals surface area contributed by atoms with Gasteiger partial charge in [-0.05, 0) is 13.3 Å². The lowest BCUT2D eigenvalue weighted by molar-refractivity contribution is 0.176. The molecule has 0 aromatic rings. The fraction of sp³-hybridized carbons (Fsp3) is 0.667. The Hall–Kier alpha value is -0.300. The Morgan fingerprint density at radius 3 is 2.43 bits per heavy atom. The van der Waals surface area contributed by atoms with Gasteiger partial charge in [0, 0.05) is 5.92 Å². The van der Waals surface area contributed by atoms with Gasteiger partial charge in [0.05, 0.1) is 6.10 Å². The third-order valence-corrected chi connectivity index (χ3v) is 1.43. The minimum atomic E-state index is -0.160. The molecule has 1 rings (SSSR count). The SMILES string of the molecule is C=C1CC1C(C)O. The molecule has 1 aliphatic rings. The van der Waals surface area contributed by atoms with Crippen LogP contribution in [0.3, 0.4) is 0 Å². The first kappa shape index (κ1) is 4.85. The molecule has 7 heavy (non-hydrogen) atoms. The van der Waals surface area contributed by atoms with Gasteiger partial charge in [0.1, 0.15) is 0 Å². The maximum Gasteiger partial charge on any atom is 0.0580 e. The Balaban J connectivity index is 2.33.